The second-order valence-electron chi connectivity index (χ2n) is 5.55. The van der Waals surface area contributed by atoms with E-state index in [1.54, 1.807) is 0 Å². The molecule has 0 aromatic heterocycles. The molecule has 1 unspecified atom stereocenters. The minimum absolute atomic E-state index is 0.0771. The average Bonchev–Trinajstić information content (AvgIpc) is 3.24. The van der Waals surface area contributed by atoms with Gasteiger partial charge in [-0.3, -0.25) is 9.59 Å². The first kappa shape index (κ1) is 16.0. The van der Waals surface area contributed by atoms with Crippen LogP contribution in [0.5, 0.6) is 0 Å². The summed E-state index contributed by atoms with van der Waals surface area (Å²) in [6, 6.07) is 7.51. The highest BCUT2D eigenvalue weighted by atomic mass is 79.9. The monoisotopic (exact) mass is 353 g/mol. The maximum Gasteiger partial charge on any atom is 0.237 e. The van der Waals surface area contributed by atoms with E-state index in [0.29, 0.717) is 12.5 Å². The van der Waals surface area contributed by atoms with Gasteiger partial charge in [-0.15, -0.1) is 0 Å². The van der Waals surface area contributed by atoms with E-state index in [2.05, 4.69) is 15.9 Å². The van der Waals surface area contributed by atoms with Crippen LogP contribution in [0.25, 0.3) is 0 Å². The molecule has 1 aliphatic carbocycles. The van der Waals surface area contributed by atoms with Crippen molar-refractivity contribution >= 4 is 27.7 Å². The van der Waals surface area contributed by atoms with Crippen LogP contribution in [0.2, 0.25) is 0 Å². The molecule has 2 rings (SSSR count). The predicted molar refractivity (Wildman–Crippen MR) is 84.1 cm³/mol. The standard InChI is InChI=1S/C15H20BrN3O2/c16-12-5-1-10(2-6-12)8-19(9-14(18)20)15(21)7-13(17)11-3-4-11/h1-2,5-6,11,13H,3-4,7-9,17H2,(H2,18,20). The molecule has 114 valence electrons. The molecule has 0 saturated heterocycles. The number of benzene rings is 1. The summed E-state index contributed by atoms with van der Waals surface area (Å²) in [5.41, 5.74) is 12.2. The van der Waals surface area contributed by atoms with Crippen molar-refractivity contribution in [2.24, 2.45) is 17.4 Å². The Bertz CT molecular complexity index is 514. The van der Waals surface area contributed by atoms with Crippen LogP contribution in [-0.2, 0) is 16.1 Å². The Kier molecular flexibility index (Phi) is 5.36. The lowest BCUT2D eigenvalue weighted by molar-refractivity contribution is -0.136. The Balaban J connectivity index is 2.00. The third-order valence-electron chi connectivity index (χ3n) is 3.62. The van der Waals surface area contributed by atoms with Crippen molar-refractivity contribution in [1.29, 1.82) is 0 Å². The van der Waals surface area contributed by atoms with Crippen LogP contribution in [0, 0.1) is 5.92 Å². The Labute approximate surface area is 132 Å². The maximum absolute atomic E-state index is 12.3. The van der Waals surface area contributed by atoms with Gasteiger partial charge in [-0.2, -0.15) is 0 Å². The molecule has 0 bridgehead atoms. The first-order chi connectivity index (χ1) is 9.95. The molecule has 1 aliphatic rings. The van der Waals surface area contributed by atoms with Gasteiger partial charge in [-0.25, -0.2) is 0 Å². The lowest BCUT2D eigenvalue weighted by Crippen LogP contribution is -2.41. The summed E-state index contributed by atoms with van der Waals surface area (Å²) in [5.74, 6) is -0.173. The molecule has 4 N–H and O–H groups in total. The quantitative estimate of drug-likeness (QED) is 0.775. The van der Waals surface area contributed by atoms with Gasteiger partial charge in [0.2, 0.25) is 11.8 Å². The number of carbonyl (C=O) groups excluding carboxylic acids is 2. The number of hydrogen-bond acceptors (Lipinski definition) is 3. The van der Waals surface area contributed by atoms with Gasteiger partial charge in [-0.1, -0.05) is 28.1 Å². The van der Waals surface area contributed by atoms with Gasteiger partial charge in [0.05, 0.1) is 6.54 Å². The molecule has 0 heterocycles. The van der Waals surface area contributed by atoms with E-state index in [-0.39, 0.29) is 24.9 Å². The summed E-state index contributed by atoms with van der Waals surface area (Å²) < 4.78 is 0.967. The highest BCUT2D eigenvalue weighted by Crippen LogP contribution is 2.33. The zero-order valence-corrected chi connectivity index (χ0v) is 13.4. The third-order valence-corrected chi connectivity index (χ3v) is 4.15. The van der Waals surface area contributed by atoms with Crippen molar-refractivity contribution in [3.05, 3.63) is 34.3 Å². The van der Waals surface area contributed by atoms with E-state index < -0.39 is 5.91 Å². The van der Waals surface area contributed by atoms with Gasteiger partial charge in [0.25, 0.3) is 0 Å². The number of rotatable bonds is 7. The minimum atomic E-state index is -0.513. The summed E-state index contributed by atoms with van der Waals surface area (Å²) in [4.78, 5) is 25.0. The molecule has 1 aromatic rings. The highest BCUT2D eigenvalue weighted by molar-refractivity contribution is 9.10. The fourth-order valence-electron chi connectivity index (χ4n) is 2.25. The number of nitrogens with two attached hydrogens (primary N) is 2. The zero-order chi connectivity index (χ0) is 15.4. The Morgan fingerprint density at radius 1 is 1.29 bits per heavy atom. The molecule has 5 nitrogen and oxygen atoms in total. The normalized spacial score (nSPS) is 15.5. The SMILES string of the molecule is NC(=O)CN(Cc1ccc(Br)cc1)C(=O)CC(N)C1CC1. The van der Waals surface area contributed by atoms with Crippen LogP contribution in [0.1, 0.15) is 24.8 Å². The molecule has 0 radical (unpaired) electrons. The van der Waals surface area contributed by atoms with Crippen molar-refractivity contribution in [2.45, 2.75) is 31.8 Å². The molecular weight excluding hydrogens is 334 g/mol. The first-order valence-corrected chi connectivity index (χ1v) is 7.81. The second kappa shape index (κ2) is 7.04. The largest absolute Gasteiger partial charge is 0.368 e. The van der Waals surface area contributed by atoms with Crippen LogP contribution in [-0.4, -0.2) is 29.3 Å². The zero-order valence-electron chi connectivity index (χ0n) is 11.8. The average molecular weight is 354 g/mol. The van der Waals surface area contributed by atoms with Crippen LogP contribution >= 0.6 is 15.9 Å². The van der Waals surface area contributed by atoms with E-state index in [1.807, 2.05) is 24.3 Å². The van der Waals surface area contributed by atoms with Crippen molar-refractivity contribution in [1.82, 2.24) is 4.90 Å². The summed E-state index contributed by atoms with van der Waals surface area (Å²) in [6.07, 6.45) is 2.46. The van der Waals surface area contributed by atoms with E-state index in [9.17, 15) is 9.59 Å². The lowest BCUT2D eigenvalue weighted by Gasteiger charge is -2.23. The van der Waals surface area contributed by atoms with Gasteiger partial charge in [0, 0.05) is 23.5 Å². The van der Waals surface area contributed by atoms with Crippen LogP contribution < -0.4 is 11.5 Å². The van der Waals surface area contributed by atoms with Crippen LogP contribution in [0.15, 0.2) is 28.7 Å². The third kappa shape index (κ3) is 5.13. The number of carbonyl (C=O) groups is 2. The van der Waals surface area contributed by atoms with Crippen molar-refractivity contribution in [3.63, 3.8) is 0 Å². The molecular formula is C15H20BrN3O2. The molecule has 21 heavy (non-hydrogen) atoms. The lowest BCUT2D eigenvalue weighted by atomic mass is 10.1. The van der Waals surface area contributed by atoms with E-state index >= 15 is 0 Å². The van der Waals surface area contributed by atoms with Crippen molar-refractivity contribution in [3.8, 4) is 0 Å². The smallest absolute Gasteiger partial charge is 0.237 e. The van der Waals surface area contributed by atoms with Crippen LogP contribution in [0.3, 0.4) is 0 Å². The molecule has 1 atom stereocenters. The highest BCUT2D eigenvalue weighted by Gasteiger charge is 2.31. The number of primary amides is 1. The van der Waals surface area contributed by atoms with Crippen LogP contribution in [0.4, 0.5) is 0 Å². The summed E-state index contributed by atoms with van der Waals surface area (Å²) in [6.45, 7) is 0.290. The van der Waals surface area contributed by atoms with Crippen molar-refractivity contribution in [2.75, 3.05) is 6.54 Å². The number of nitrogens with zero attached hydrogens (tertiary/aromatic N) is 1. The predicted octanol–water partition coefficient (Wildman–Crippen LogP) is 1.39. The molecule has 2 amide bonds. The fraction of sp³-hybridized carbons (Fsp3) is 0.467. The minimum Gasteiger partial charge on any atom is -0.368 e. The molecule has 1 aromatic carbocycles. The number of halogens is 1. The number of hydrogen-bond donors (Lipinski definition) is 2. The summed E-state index contributed by atoms with van der Waals surface area (Å²) in [5, 5.41) is 0. The maximum atomic E-state index is 12.3. The van der Waals surface area contributed by atoms with E-state index in [4.69, 9.17) is 11.5 Å². The topological polar surface area (TPSA) is 89.4 Å². The van der Waals surface area contributed by atoms with Crippen molar-refractivity contribution < 1.29 is 9.59 Å². The van der Waals surface area contributed by atoms with E-state index in [0.717, 1.165) is 22.9 Å². The second-order valence-corrected chi connectivity index (χ2v) is 6.46. The number of amides is 2. The van der Waals surface area contributed by atoms with Gasteiger partial charge in [0.15, 0.2) is 0 Å². The molecule has 1 saturated carbocycles. The molecule has 6 heteroatoms. The Hall–Kier alpha value is -1.40. The first-order valence-electron chi connectivity index (χ1n) is 7.02. The van der Waals surface area contributed by atoms with Gasteiger partial charge < -0.3 is 16.4 Å². The summed E-state index contributed by atoms with van der Waals surface area (Å²) in [7, 11) is 0. The van der Waals surface area contributed by atoms with E-state index in [1.165, 1.54) is 4.90 Å². The Morgan fingerprint density at radius 3 is 2.43 bits per heavy atom. The van der Waals surface area contributed by atoms with Gasteiger partial charge >= 0.3 is 0 Å². The Morgan fingerprint density at radius 2 is 1.90 bits per heavy atom. The van der Waals surface area contributed by atoms with Gasteiger partial charge in [-0.05, 0) is 36.5 Å². The molecule has 0 spiro atoms. The molecule has 1 fully saturated rings. The molecule has 0 aliphatic heterocycles. The van der Waals surface area contributed by atoms with Gasteiger partial charge in [0.1, 0.15) is 0 Å². The summed E-state index contributed by atoms with van der Waals surface area (Å²) >= 11 is 3.37. The fourth-order valence-corrected chi connectivity index (χ4v) is 2.52.